The van der Waals surface area contributed by atoms with Crippen LogP contribution in [0.4, 0.5) is 5.69 Å². The first-order chi connectivity index (χ1) is 13.5. The highest BCUT2D eigenvalue weighted by Gasteiger charge is 2.31. The van der Waals surface area contributed by atoms with Crippen LogP contribution in [0.5, 0.6) is 0 Å². The fourth-order valence-electron chi connectivity index (χ4n) is 3.69. The molecule has 8 heteroatoms. The maximum absolute atomic E-state index is 13.2. The summed E-state index contributed by atoms with van der Waals surface area (Å²) in [5, 5.41) is 0. The molecule has 0 saturated carbocycles. The molecule has 0 aliphatic carbocycles. The molecule has 0 unspecified atom stereocenters. The van der Waals surface area contributed by atoms with Crippen molar-refractivity contribution < 1.29 is 18.0 Å². The van der Waals surface area contributed by atoms with Crippen molar-refractivity contribution >= 4 is 28.0 Å². The lowest BCUT2D eigenvalue weighted by molar-refractivity contribution is -0.119. The molecular formula is C20H21N3O4S. The van der Waals surface area contributed by atoms with Gasteiger partial charge in [-0.3, -0.25) is 13.9 Å². The van der Waals surface area contributed by atoms with Gasteiger partial charge in [0.25, 0.3) is 15.9 Å². The summed E-state index contributed by atoms with van der Waals surface area (Å²) in [4.78, 5) is 27.0. The van der Waals surface area contributed by atoms with Crippen LogP contribution in [0, 0.1) is 0 Å². The van der Waals surface area contributed by atoms with E-state index in [2.05, 4.69) is 0 Å². The molecule has 2 amide bonds. The van der Waals surface area contributed by atoms with E-state index in [1.807, 2.05) is 18.2 Å². The van der Waals surface area contributed by atoms with E-state index in [9.17, 15) is 18.0 Å². The Morgan fingerprint density at radius 1 is 0.929 bits per heavy atom. The lowest BCUT2D eigenvalue weighted by atomic mass is 10.2. The van der Waals surface area contributed by atoms with E-state index in [1.54, 1.807) is 28.0 Å². The largest absolute Gasteiger partial charge is 0.342 e. The lowest BCUT2D eigenvalue weighted by Gasteiger charge is -2.32. The van der Waals surface area contributed by atoms with Crippen LogP contribution in [0.2, 0.25) is 0 Å². The average Bonchev–Trinajstić information content (AvgIpc) is 3.18. The maximum atomic E-state index is 13.2. The van der Waals surface area contributed by atoms with Crippen LogP contribution >= 0.6 is 0 Å². The van der Waals surface area contributed by atoms with Gasteiger partial charge in [0.1, 0.15) is 0 Å². The van der Waals surface area contributed by atoms with Crippen LogP contribution in [0.3, 0.4) is 0 Å². The summed E-state index contributed by atoms with van der Waals surface area (Å²) in [7, 11) is -3.74. The standard InChI is InChI=1S/C20H21N3O4S/c24-15-21-10-12-22(13-11-21)20(25)17-5-3-6-18(14-17)28(26,27)23-9-8-16-4-1-2-7-19(16)23/h1-7,14-15H,8-13H2. The monoisotopic (exact) mass is 399 g/mol. The van der Waals surface area contributed by atoms with Gasteiger partial charge in [-0.2, -0.15) is 0 Å². The summed E-state index contributed by atoms with van der Waals surface area (Å²) in [5.74, 6) is -0.218. The Morgan fingerprint density at radius 3 is 2.43 bits per heavy atom. The molecule has 0 radical (unpaired) electrons. The van der Waals surface area contributed by atoms with Crippen molar-refractivity contribution in [2.75, 3.05) is 37.0 Å². The molecule has 1 fully saturated rings. The molecule has 4 rings (SSSR count). The third-order valence-corrected chi connectivity index (χ3v) is 7.07. The van der Waals surface area contributed by atoms with Crippen molar-refractivity contribution in [3.05, 3.63) is 59.7 Å². The fourth-order valence-corrected chi connectivity index (χ4v) is 5.24. The molecule has 0 spiro atoms. The molecule has 2 aromatic carbocycles. The molecule has 146 valence electrons. The van der Waals surface area contributed by atoms with E-state index in [0.717, 1.165) is 12.0 Å². The van der Waals surface area contributed by atoms with Gasteiger partial charge in [-0.1, -0.05) is 24.3 Å². The molecule has 0 atom stereocenters. The van der Waals surface area contributed by atoms with Crippen molar-refractivity contribution in [2.24, 2.45) is 0 Å². The summed E-state index contributed by atoms with van der Waals surface area (Å²) >= 11 is 0. The predicted molar refractivity (Wildman–Crippen MR) is 105 cm³/mol. The van der Waals surface area contributed by atoms with Gasteiger partial charge < -0.3 is 9.80 Å². The third-order valence-electron chi connectivity index (χ3n) is 5.26. The molecule has 28 heavy (non-hydrogen) atoms. The van der Waals surface area contributed by atoms with Crippen molar-refractivity contribution in [1.82, 2.24) is 9.80 Å². The molecule has 2 aromatic rings. The maximum Gasteiger partial charge on any atom is 0.264 e. The van der Waals surface area contributed by atoms with Gasteiger partial charge in [-0.05, 0) is 36.2 Å². The Morgan fingerprint density at radius 2 is 1.68 bits per heavy atom. The number of piperazine rings is 1. The van der Waals surface area contributed by atoms with Gasteiger partial charge in [0.15, 0.2) is 0 Å². The van der Waals surface area contributed by atoms with Crippen LogP contribution in [-0.4, -0.2) is 63.3 Å². The van der Waals surface area contributed by atoms with Gasteiger partial charge in [0.2, 0.25) is 6.41 Å². The first-order valence-electron chi connectivity index (χ1n) is 9.20. The molecule has 7 nitrogen and oxygen atoms in total. The highest BCUT2D eigenvalue weighted by molar-refractivity contribution is 7.92. The predicted octanol–water partition coefficient (Wildman–Crippen LogP) is 1.35. The summed E-state index contributed by atoms with van der Waals surface area (Å²) in [5.41, 5.74) is 2.05. The second-order valence-corrected chi connectivity index (χ2v) is 8.78. The number of anilines is 1. The fraction of sp³-hybridized carbons (Fsp3) is 0.300. The van der Waals surface area contributed by atoms with Crippen LogP contribution in [0.15, 0.2) is 53.4 Å². The zero-order chi connectivity index (χ0) is 19.7. The number of fused-ring (bicyclic) bond motifs is 1. The molecule has 2 aliphatic rings. The summed E-state index contributed by atoms with van der Waals surface area (Å²) < 4.78 is 27.8. The summed E-state index contributed by atoms with van der Waals surface area (Å²) in [6.07, 6.45) is 1.46. The quantitative estimate of drug-likeness (QED) is 0.727. The number of carbonyl (C=O) groups excluding carboxylic acids is 2. The van der Waals surface area contributed by atoms with E-state index >= 15 is 0 Å². The lowest BCUT2D eigenvalue weighted by Crippen LogP contribution is -2.48. The normalized spacial score (nSPS) is 16.8. The zero-order valence-corrected chi connectivity index (χ0v) is 16.1. The summed E-state index contributed by atoms with van der Waals surface area (Å²) in [6.45, 7) is 2.24. The molecule has 2 heterocycles. The second kappa shape index (κ2) is 7.27. The Hall–Kier alpha value is -2.87. The number of benzene rings is 2. The molecule has 0 bridgehead atoms. The minimum absolute atomic E-state index is 0.113. The highest BCUT2D eigenvalue weighted by Crippen LogP contribution is 2.32. The first-order valence-corrected chi connectivity index (χ1v) is 10.6. The first kappa shape index (κ1) is 18.5. The minimum atomic E-state index is -3.74. The van der Waals surface area contributed by atoms with E-state index in [4.69, 9.17) is 0 Å². The van der Waals surface area contributed by atoms with Gasteiger partial charge in [0.05, 0.1) is 10.6 Å². The molecule has 0 N–H and O–H groups in total. The Kier molecular flexibility index (Phi) is 4.80. The number of rotatable bonds is 4. The Bertz CT molecular complexity index is 1010. The van der Waals surface area contributed by atoms with Crippen LogP contribution < -0.4 is 4.31 Å². The number of para-hydroxylation sites is 1. The number of amides is 2. The molecule has 2 aliphatic heterocycles. The second-order valence-electron chi connectivity index (χ2n) is 6.92. The van der Waals surface area contributed by atoms with Crippen molar-refractivity contribution in [2.45, 2.75) is 11.3 Å². The minimum Gasteiger partial charge on any atom is -0.342 e. The molecule has 0 aromatic heterocycles. The van der Waals surface area contributed by atoms with E-state index < -0.39 is 10.0 Å². The number of hydrogen-bond donors (Lipinski definition) is 0. The number of carbonyl (C=O) groups is 2. The van der Waals surface area contributed by atoms with Crippen LogP contribution in [0.25, 0.3) is 0 Å². The average molecular weight is 399 g/mol. The van der Waals surface area contributed by atoms with E-state index in [-0.39, 0.29) is 10.8 Å². The van der Waals surface area contributed by atoms with Gasteiger partial charge in [-0.25, -0.2) is 8.42 Å². The SMILES string of the molecule is O=CN1CCN(C(=O)c2cccc(S(=O)(=O)N3CCc4ccccc43)c2)CC1. The highest BCUT2D eigenvalue weighted by atomic mass is 32.2. The topological polar surface area (TPSA) is 78.0 Å². The summed E-state index contributed by atoms with van der Waals surface area (Å²) in [6, 6.07) is 13.7. The number of hydrogen-bond acceptors (Lipinski definition) is 4. The van der Waals surface area contributed by atoms with E-state index in [1.165, 1.54) is 16.4 Å². The van der Waals surface area contributed by atoms with Crippen molar-refractivity contribution in [3.8, 4) is 0 Å². The van der Waals surface area contributed by atoms with Crippen LogP contribution in [0.1, 0.15) is 15.9 Å². The van der Waals surface area contributed by atoms with E-state index in [0.29, 0.717) is 50.4 Å². The Labute approximate surface area is 164 Å². The number of nitrogens with zero attached hydrogens (tertiary/aromatic N) is 3. The third kappa shape index (κ3) is 3.24. The number of sulfonamides is 1. The van der Waals surface area contributed by atoms with Gasteiger partial charge >= 0.3 is 0 Å². The Balaban J connectivity index is 1.59. The van der Waals surface area contributed by atoms with Crippen LogP contribution in [-0.2, 0) is 21.2 Å². The van der Waals surface area contributed by atoms with Crippen molar-refractivity contribution in [1.29, 1.82) is 0 Å². The van der Waals surface area contributed by atoms with Gasteiger partial charge in [0, 0.05) is 38.3 Å². The molecular weight excluding hydrogens is 378 g/mol. The van der Waals surface area contributed by atoms with Gasteiger partial charge in [-0.15, -0.1) is 0 Å². The molecule has 1 saturated heterocycles. The smallest absolute Gasteiger partial charge is 0.264 e. The zero-order valence-electron chi connectivity index (χ0n) is 15.3. The van der Waals surface area contributed by atoms with Crippen molar-refractivity contribution in [3.63, 3.8) is 0 Å².